The summed E-state index contributed by atoms with van der Waals surface area (Å²) < 4.78 is 0. The Morgan fingerprint density at radius 1 is 0.270 bits per heavy atom. The normalized spacial score (nSPS) is 10.0. The van der Waals surface area contributed by atoms with E-state index >= 15 is 0 Å². The summed E-state index contributed by atoms with van der Waals surface area (Å²) in [4.78, 5) is 0. The van der Waals surface area contributed by atoms with Gasteiger partial charge in [0.25, 0.3) is 0 Å². The predicted molar refractivity (Wildman–Crippen MR) is 162 cm³/mol. The van der Waals surface area contributed by atoms with Crippen LogP contribution >= 0.6 is 0 Å². The average Bonchev–Trinajstić information content (AvgIpc) is 2.90. The molecule has 37 heavy (non-hydrogen) atoms. The van der Waals surface area contributed by atoms with Crippen LogP contribution in [0.4, 0.5) is 0 Å². The summed E-state index contributed by atoms with van der Waals surface area (Å²) in [6, 6.07) is 43.2. The van der Waals surface area contributed by atoms with Crippen molar-refractivity contribution in [2.24, 2.45) is 0 Å². The summed E-state index contributed by atoms with van der Waals surface area (Å²) >= 11 is 0. The lowest BCUT2D eigenvalue weighted by Crippen LogP contribution is -1.88. The molecule has 0 amide bonds. The summed E-state index contributed by atoms with van der Waals surface area (Å²) in [6.07, 6.45) is 1.03. The average molecular weight is 485 g/mol. The molecule has 0 aliphatic carbocycles. The molecule has 0 unspecified atom stereocenters. The van der Waals surface area contributed by atoms with Gasteiger partial charge in [-0.25, -0.2) is 0 Å². The van der Waals surface area contributed by atoms with Crippen LogP contribution in [0.25, 0.3) is 11.1 Å². The van der Waals surface area contributed by atoms with Crippen molar-refractivity contribution >= 4 is 0 Å². The molecule has 0 radical (unpaired) electrons. The van der Waals surface area contributed by atoms with E-state index < -0.39 is 0 Å². The number of benzene rings is 5. The first-order valence-electron chi connectivity index (χ1n) is 13.1. The largest absolute Gasteiger partial charge is 0.0591 e. The zero-order valence-corrected chi connectivity index (χ0v) is 23.3. The zero-order chi connectivity index (χ0) is 26.6. The van der Waals surface area contributed by atoms with E-state index in [2.05, 4.69) is 163 Å². The third kappa shape index (κ3) is 9.94. The maximum Gasteiger partial charge on any atom is -0.00258 e. The number of rotatable bonds is 3. The van der Waals surface area contributed by atoms with Gasteiger partial charge in [-0.15, -0.1) is 0 Å². The van der Waals surface area contributed by atoms with Crippen molar-refractivity contribution in [1.29, 1.82) is 0 Å². The summed E-state index contributed by atoms with van der Waals surface area (Å²) in [7, 11) is 0. The Morgan fingerprint density at radius 3 is 0.703 bits per heavy atom. The first kappa shape index (κ1) is 27.7. The van der Waals surface area contributed by atoms with Gasteiger partial charge in [-0.2, -0.15) is 0 Å². The van der Waals surface area contributed by atoms with E-state index in [4.69, 9.17) is 0 Å². The Kier molecular flexibility index (Phi) is 10.5. The number of hydrogen-bond acceptors (Lipinski definition) is 0. The van der Waals surface area contributed by atoms with Crippen LogP contribution in [0.5, 0.6) is 0 Å². The molecule has 188 valence electrons. The van der Waals surface area contributed by atoms with Crippen molar-refractivity contribution in [3.05, 3.63) is 166 Å². The standard InChI is InChI=1S/C15H16.C14H14.C8H10/c1-12-3-7-14(8-4-12)11-15-9-5-13(2)6-10-15;1-11-3-7-13(8-4-11)14-9-5-12(2)6-10-14;1-7-3-5-8(2)6-4-7/h3-10H,11H2,1-2H3;3-10H,1-2H3;3-6H,1-2H3. The van der Waals surface area contributed by atoms with Gasteiger partial charge in [0.2, 0.25) is 0 Å². The van der Waals surface area contributed by atoms with Crippen LogP contribution in [-0.4, -0.2) is 0 Å². The monoisotopic (exact) mass is 484 g/mol. The van der Waals surface area contributed by atoms with Gasteiger partial charge in [-0.05, 0) is 70.2 Å². The fraction of sp³-hybridized carbons (Fsp3) is 0.189. The quantitative estimate of drug-likeness (QED) is 0.239. The highest BCUT2D eigenvalue weighted by Gasteiger charge is 1.96. The third-order valence-electron chi connectivity index (χ3n) is 6.30. The fourth-order valence-electron chi connectivity index (χ4n) is 3.78. The summed E-state index contributed by atoms with van der Waals surface area (Å²) in [5.74, 6) is 0. The van der Waals surface area contributed by atoms with Crippen molar-refractivity contribution in [3.8, 4) is 11.1 Å². The van der Waals surface area contributed by atoms with E-state index in [0.717, 1.165) is 6.42 Å². The Balaban J connectivity index is 0.000000161. The van der Waals surface area contributed by atoms with E-state index in [9.17, 15) is 0 Å². The number of aryl methyl sites for hydroxylation is 6. The second-order valence-electron chi connectivity index (χ2n) is 10.0. The van der Waals surface area contributed by atoms with Crippen LogP contribution in [0.2, 0.25) is 0 Å². The van der Waals surface area contributed by atoms with Gasteiger partial charge in [0.15, 0.2) is 0 Å². The molecule has 0 saturated heterocycles. The van der Waals surface area contributed by atoms with Crippen LogP contribution in [0.15, 0.2) is 121 Å². The van der Waals surface area contributed by atoms with Crippen LogP contribution in [-0.2, 0) is 6.42 Å². The molecule has 0 N–H and O–H groups in total. The van der Waals surface area contributed by atoms with Crippen molar-refractivity contribution in [3.63, 3.8) is 0 Å². The lowest BCUT2D eigenvalue weighted by atomic mass is 10.0. The molecule has 0 spiro atoms. The SMILES string of the molecule is Cc1ccc(-c2ccc(C)cc2)cc1.Cc1ccc(C)cc1.Cc1ccc(Cc2ccc(C)cc2)cc1. The molecule has 0 heterocycles. The molecule has 0 atom stereocenters. The molecular weight excluding hydrogens is 444 g/mol. The number of hydrogen-bond donors (Lipinski definition) is 0. The molecule has 0 nitrogen and oxygen atoms in total. The van der Waals surface area contributed by atoms with Crippen LogP contribution in [0, 0.1) is 41.5 Å². The summed E-state index contributed by atoms with van der Waals surface area (Å²) in [5, 5.41) is 0. The van der Waals surface area contributed by atoms with Crippen LogP contribution < -0.4 is 0 Å². The molecule has 0 fully saturated rings. The predicted octanol–water partition coefficient (Wildman–Crippen LogP) is 10.2. The first-order valence-corrected chi connectivity index (χ1v) is 13.1. The third-order valence-corrected chi connectivity index (χ3v) is 6.30. The molecule has 0 aromatic heterocycles. The molecule has 0 aliphatic heterocycles. The summed E-state index contributed by atoms with van der Waals surface area (Å²) in [6.45, 7) is 12.7. The second-order valence-corrected chi connectivity index (χ2v) is 10.0. The van der Waals surface area contributed by atoms with Gasteiger partial charge in [0, 0.05) is 0 Å². The Bertz CT molecular complexity index is 1210. The smallest absolute Gasteiger partial charge is 0.00258 e. The maximum atomic E-state index is 2.20. The minimum absolute atomic E-state index is 1.03. The zero-order valence-electron chi connectivity index (χ0n) is 23.3. The fourth-order valence-corrected chi connectivity index (χ4v) is 3.78. The molecule has 0 bridgehead atoms. The van der Waals surface area contributed by atoms with Crippen LogP contribution in [0.1, 0.15) is 44.5 Å². The Labute approximate surface area is 224 Å². The van der Waals surface area contributed by atoms with Gasteiger partial charge in [-0.3, -0.25) is 0 Å². The van der Waals surface area contributed by atoms with E-state index in [1.54, 1.807) is 0 Å². The first-order chi connectivity index (χ1) is 17.8. The van der Waals surface area contributed by atoms with Gasteiger partial charge in [0.05, 0.1) is 0 Å². The van der Waals surface area contributed by atoms with Gasteiger partial charge >= 0.3 is 0 Å². The molecule has 0 saturated carbocycles. The van der Waals surface area contributed by atoms with Crippen LogP contribution in [0.3, 0.4) is 0 Å². The highest BCUT2D eigenvalue weighted by atomic mass is 14.0. The van der Waals surface area contributed by atoms with Gasteiger partial charge in [0.1, 0.15) is 0 Å². The molecule has 5 aromatic carbocycles. The molecule has 0 heteroatoms. The molecular formula is C37H40. The van der Waals surface area contributed by atoms with E-state index in [1.807, 2.05) is 0 Å². The van der Waals surface area contributed by atoms with E-state index in [1.165, 1.54) is 55.6 Å². The lowest BCUT2D eigenvalue weighted by Gasteiger charge is -2.03. The second kappa shape index (κ2) is 14.0. The Morgan fingerprint density at radius 2 is 0.459 bits per heavy atom. The van der Waals surface area contributed by atoms with Gasteiger partial charge in [-0.1, -0.05) is 155 Å². The van der Waals surface area contributed by atoms with Gasteiger partial charge < -0.3 is 0 Å². The topological polar surface area (TPSA) is 0 Å². The Hall–Kier alpha value is -3.90. The van der Waals surface area contributed by atoms with E-state index in [-0.39, 0.29) is 0 Å². The minimum atomic E-state index is 1.03. The van der Waals surface area contributed by atoms with Crippen molar-refractivity contribution in [2.45, 2.75) is 48.0 Å². The van der Waals surface area contributed by atoms with Crippen molar-refractivity contribution in [1.82, 2.24) is 0 Å². The summed E-state index contributed by atoms with van der Waals surface area (Å²) in [5.41, 5.74) is 13.2. The van der Waals surface area contributed by atoms with Crippen molar-refractivity contribution in [2.75, 3.05) is 0 Å². The molecule has 5 aromatic rings. The maximum absolute atomic E-state index is 2.20. The highest BCUT2D eigenvalue weighted by molar-refractivity contribution is 5.63. The molecule has 0 aliphatic rings. The van der Waals surface area contributed by atoms with Crippen molar-refractivity contribution < 1.29 is 0 Å². The van der Waals surface area contributed by atoms with E-state index in [0.29, 0.717) is 0 Å². The minimum Gasteiger partial charge on any atom is -0.0591 e. The molecule has 5 rings (SSSR count). The lowest BCUT2D eigenvalue weighted by molar-refractivity contribution is 1.18. The highest BCUT2D eigenvalue weighted by Crippen LogP contribution is 2.19.